The quantitative estimate of drug-likeness (QED) is 0.0445. The van der Waals surface area contributed by atoms with Gasteiger partial charge in [-0.2, -0.15) is 0 Å². The second-order valence-electron chi connectivity index (χ2n) is 20.7. The molecule has 0 saturated heterocycles. The molecule has 12 heteroatoms. The van der Waals surface area contributed by atoms with Crippen LogP contribution >= 0.6 is 21.6 Å². The first kappa shape index (κ1) is 50.7. The molecule has 0 unspecified atom stereocenters. The number of rotatable bonds is 8. The van der Waals surface area contributed by atoms with Gasteiger partial charge in [0.2, 0.25) is 0 Å². The number of carbonyl (C=O) groups excluding carboxylic acids is 2. The molecule has 4 aromatic carbocycles. The number of ether oxygens (including phenoxy) is 1. The topological polar surface area (TPSA) is 192 Å². The summed E-state index contributed by atoms with van der Waals surface area (Å²) in [4.78, 5) is 31.3. The fourth-order valence-electron chi connectivity index (χ4n) is 12.1. The lowest BCUT2D eigenvalue weighted by atomic mass is 9.60. The molecule has 372 valence electrons. The summed E-state index contributed by atoms with van der Waals surface area (Å²) in [6.07, 6.45) is 12.1. The van der Waals surface area contributed by atoms with Crippen LogP contribution in [0.1, 0.15) is 137 Å². The normalized spacial score (nSPS) is 25.1. The molecule has 9 N–H and O–H groups in total. The van der Waals surface area contributed by atoms with E-state index in [0.29, 0.717) is 66.0 Å². The molecule has 2 heterocycles. The number of hydrogen-bond donors (Lipinski definition) is 7. The number of aliphatic hydroxyl groups excluding tert-OH is 2. The molecule has 0 spiro atoms. The number of aromatic amines is 1. The Kier molecular flexibility index (Phi) is 15.9. The predicted molar refractivity (Wildman–Crippen MR) is 283 cm³/mol. The first-order valence-electron chi connectivity index (χ1n) is 25.3. The molecule has 71 heavy (non-hydrogen) atoms. The van der Waals surface area contributed by atoms with Crippen molar-refractivity contribution in [3.63, 3.8) is 0 Å². The van der Waals surface area contributed by atoms with Crippen LogP contribution in [-0.4, -0.2) is 61.5 Å². The number of nitrogens with two attached hydrogens (primary N) is 2. The molecule has 2 saturated carbocycles. The molecule has 10 nitrogen and oxygen atoms in total. The van der Waals surface area contributed by atoms with Crippen molar-refractivity contribution >= 4 is 33.2 Å². The SMILES string of the molecule is C[C@H](O)C[C@H](CCc1ccccc1)C[C@H]1CC[C@]23CSSCc4cc5c(cc4C(N)N)C#CCc4[nH]ccc4C(=O)C[C@H]5c4cc(ccc4O)CCOc4cc(ccc4O)CCC(=O)/C=C/[C@]1(C[C@@H]2O)C3. The smallest absolute Gasteiger partial charge is 0.165 e. The first-order valence-corrected chi connectivity index (χ1v) is 27.8. The predicted octanol–water partition coefficient (Wildman–Crippen LogP) is 10.2. The van der Waals surface area contributed by atoms with Gasteiger partial charge in [-0.3, -0.25) is 9.59 Å². The number of nitrogens with one attached hydrogen (secondary N) is 1. The van der Waals surface area contributed by atoms with Gasteiger partial charge < -0.3 is 41.6 Å². The molecule has 0 amide bonds. The first-order chi connectivity index (χ1) is 34.3. The molecule has 1 aliphatic heterocycles. The van der Waals surface area contributed by atoms with Crippen molar-refractivity contribution in [2.24, 2.45) is 34.1 Å². The standard InChI is InChI=1S/C59H67N3O7S2/c1-37(63)26-41(11-10-38-6-3-2-4-7-38)27-44-18-22-59-35-58(44,33-56(59)68)23-19-45(64)15-12-39-14-17-53(66)55(29-39)69-25-21-40-13-16-52(65)50(28-40)49-32-54(67)46-20-24-62-51(46)9-5-8-42-30-48(57(60)61)43(31-47(42)49)34-70-71-36-59/h2-4,6-7,13-14,16-17,19-20,23-24,28-31,37,41,44,49,56-57,62-63,65-66,68H,9-12,15,18,21-22,25-27,32-36,60-61H2,1H3/b23-19+/t37-,41-,44+,49+,56-,58-,59-/m0/s1. The molecule has 7 atom stereocenters. The van der Waals surface area contributed by atoms with E-state index in [4.69, 9.17) is 16.2 Å². The van der Waals surface area contributed by atoms with Crippen LogP contribution in [0.15, 0.2) is 103 Å². The van der Waals surface area contributed by atoms with Crippen molar-refractivity contribution in [1.29, 1.82) is 0 Å². The Hall–Kier alpha value is -5.26. The van der Waals surface area contributed by atoms with Gasteiger partial charge in [0.05, 0.1) is 31.4 Å². The van der Waals surface area contributed by atoms with E-state index < -0.39 is 29.7 Å². The number of aryl methyl sites for hydroxylation is 2. The zero-order valence-corrected chi connectivity index (χ0v) is 42.2. The van der Waals surface area contributed by atoms with Crippen LogP contribution in [0.2, 0.25) is 0 Å². The van der Waals surface area contributed by atoms with Crippen LogP contribution in [0.4, 0.5) is 0 Å². The van der Waals surface area contributed by atoms with E-state index in [1.165, 1.54) is 5.56 Å². The molecule has 1 aromatic heterocycles. The number of ketones is 2. The van der Waals surface area contributed by atoms with E-state index in [-0.39, 0.29) is 59.8 Å². The Bertz CT molecular complexity index is 2810. The summed E-state index contributed by atoms with van der Waals surface area (Å²) in [5.74, 6) is 8.18. The van der Waals surface area contributed by atoms with Crippen LogP contribution in [0.5, 0.6) is 17.2 Å². The Labute approximate surface area is 425 Å². The number of Topliss-reactive ketones (excluding diaryl/α,β-unsaturated/α-hetero) is 1. The van der Waals surface area contributed by atoms with Crippen LogP contribution in [-0.2, 0) is 36.2 Å². The molecule has 2 fully saturated rings. The van der Waals surface area contributed by atoms with Gasteiger partial charge in [-0.05, 0) is 152 Å². The highest BCUT2D eigenvalue weighted by atomic mass is 33.1. The van der Waals surface area contributed by atoms with Gasteiger partial charge in [0.25, 0.3) is 0 Å². The zero-order valence-electron chi connectivity index (χ0n) is 40.6. The van der Waals surface area contributed by atoms with Crippen LogP contribution in [0.3, 0.4) is 0 Å². The lowest BCUT2D eigenvalue weighted by Crippen LogP contribution is -2.38. The molecular formula is C59H67N3O7S2. The monoisotopic (exact) mass is 993 g/mol. The minimum absolute atomic E-state index is 0.00216. The van der Waals surface area contributed by atoms with Gasteiger partial charge in [-0.15, -0.1) is 0 Å². The number of benzene rings is 4. The van der Waals surface area contributed by atoms with Crippen molar-refractivity contribution in [3.05, 3.63) is 159 Å². The highest BCUT2D eigenvalue weighted by Gasteiger charge is 2.59. The Morgan fingerprint density at radius 2 is 1.73 bits per heavy atom. The van der Waals surface area contributed by atoms with Gasteiger partial charge in [0, 0.05) is 70.7 Å². The Morgan fingerprint density at radius 3 is 2.54 bits per heavy atom. The molecular weight excluding hydrogens is 927 g/mol. The number of hydrogen-bond acceptors (Lipinski definition) is 11. The lowest BCUT2D eigenvalue weighted by Gasteiger charge is -2.45. The number of H-pyrrole nitrogens is 1. The second kappa shape index (κ2) is 22.2. The average molecular weight is 994 g/mol. The fourth-order valence-corrected chi connectivity index (χ4v) is 14.9. The van der Waals surface area contributed by atoms with Gasteiger partial charge in [0.1, 0.15) is 5.75 Å². The van der Waals surface area contributed by atoms with Gasteiger partial charge in [-0.25, -0.2) is 0 Å². The number of aromatic nitrogens is 1. The highest BCUT2D eigenvalue weighted by molar-refractivity contribution is 8.76. The Morgan fingerprint density at radius 1 is 0.930 bits per heavy atom. The zero-order chi connectivity index (χ0) is 49.7. The molecule has 0 radical (unpaired) electrons. The van der Waals surface area contributed by atoms with E-state index >= 15 is 0 Å². The number of aliphatic hydroxyl groups is 2. The third-order valence-corrected chi connectivity index (χ3v) is 18.3. The maximum Gasteiger partial charge on any atom is 0.165 e. The molecule has 8 bridgehead atoms. The van der Waals surface area contributed by atoms with Crippen molar-refractivity contribution in [3.8, 4) is 29.1 Å². The van der Waals surface area contributed by atoms with E-state index in [0.717, 1.165) is 72.0 Å². The fraction of sp³-hybridized carbons (Fsp3) is 0.424. The maximum absolute atomic E-state index is 14.3. The molecule has 3 aliphatic carbocycles. The average Bonchev–Trinajstić information content (AvgIpc) is 3.92. The number of fused-ring (bicyclic) bond motifs is 7. The number of phenolic OH excluding ortho intramolecular Hbond substituents is 2. The molecule has 4 aliphatic rings. The summed E-state index contributed by atoms with van der Waals surface area (Å²) < 4.78 is 6.19. The van der Waals surface area contributed by atoms with Crippen molar-refractivity contribution in [1.82, 2.24) is 4.98 Å². The van der Waals surface area contributed by atoms with E-state index in [1.54, 1.807) is 58.1 Å². The summed E-state index contributed by atoms with van der Waals surface area (Å²) in [5, 5.41) is 45.5. The third kappa shape index (κ3) is 11.7. The van der Waals surface area contributed by atoms with Crippen molar-refractivity contribution in [2.75, 3.05) is 12.4 Å². The summed E-state index contributed by atoms with van der Waals surface area (Å²) in [5.41, 5.74) is 20.4. The number of aromatic hydroxyl groups is 2. The van der Waals surface area contributed by atoms with Gasteiger partial charge in [0.15, 0.2) is 23.1 Å². The van der Waals surface area contributed by atoms with Crippen LogP contribution in [0, 0.1) is 34.5 Å². The van der Waals surface area contributed by atoms with Crippen LogP contribution in [0.25, 0.3) is 0 Å². The van der Waals surface area contributed by atoms with Gasteiger partial charge in [-0.1, -0.05) is 94.1 Å². The largest absolute Gasteiger partial charge is 0.508 e. The molecule has 9 rings (SSSR count). The molecule has 5 aromatic rings. The number of phenols is 2. The van der Waals surface area contributed by atoms with E-state index in [2.05, 4.69) is 53.2 Å². The minimum Gasteiger partial charge on any atom is -0.508 e. The maximum atomic E-state index is 14.3. The summed E-state index contributed by atoms with van der Waals surface area (Å²) in [6, 6.07) is 27.0. The summed E-state index contributed by atoms with van der Waals surface area (Å²) >= 11 is 0. The highest BCUT2D eigenvalue weighted by Crippen LogP contribution is 2.64. The third-order valence-electron chi connectivity index (χ3n) is 15.8. The van der Waals surface area contributed by atoms with E-state index in [1.807, 2.05) is 37.3 Å². The Balaban J connectivity index is 1.07. The number of allylic oxidation sites excluding steroid dienone is 2. The van der Waals surface area contributed by atoms with Crippen molar-refractivity contribution < 1.29 is 34.8 Å². The lowest BCUT2D eigenvalue weighted by molar-refractivity contribution is -0.114. The summed E-state index contributed by atoms with van der Waals surface area (Å²) in [6.45, 7) is 2.09. The second-order valence-corrected chi connectivity index (χ2v) is 23.2. The van der Waals surface area contributed by atoms with Crippen molar-refractivity contribution in [2.45, 2.75) is 120 Å². The van der Waals surface area contributed by atoms with Gasteiger partial charge >= 0.3 is 0 Å². The summed E-state index contributed by atoms with van der Waals surface area (Å²) in [7, 11) is 3.43. The van der Waals surface area contributed by atoms with Crippen LogP contribution < -0.4 is 16.2 Å². The number of carbonyl (C=O) groups is 2. The van der Waals surface area contributed by atoms with E-state index in [9.17, 15) is 30.0 Å². The minimum atomic E-state index is -0.799.